The highest BCUT2D eigenvalue weighted by atomic mass is 33.1. The Morgan fingerprint density at radius 2 is 1.76 bits per heavy atom. The minimum atomic E-state index is -0.888. The van der Waals surface area contributed by atoms with Gasteiger partial charge in [-0.05, 0) is 167 Å². The molecule has 5 fully saturated rings. The predicted octanol–water partition coefficient (Wildman–Crippen LogP) is 10.00. The third kappa shape index (κ3) is 13.4. The lowest BCUT2D eigenvalue weighted by molar-refractivity contribution is 0.101. The molecule has 1 saturated heterocycles. The van der Waals surface area contributed by atoms with Crippen LogP contribution in [0.2, 0.25) is 0 Å². The number of H-pyrrole nitrogens is 1. The van der Waals surface area contributed by atoms with Gasteiger partial charge in [-0.3, -0.25) is 0 Å². The summed E-state index contributed by atoms with van der Waals surface area (Å²) in [7, 11) is 3.94. The first-order chi connectivity index (χ1) is 34.9. The second-order valence-corrected chi connectivity index (χ2v) is 26.2. The number of aliphatic imine (C=N–C) groups is 1. The fourth-order valence-electron chi connectivity index (χ4n) is 14.7. The number of hydrogen-bond acceptors (Lipinski definition) is 11. The van der Waals surface area contributed by atoms with Gasteiger partial charge in [-0.15, -0.1) is 0 Å². The van der Waals surface area contributed by atoms with Crippen molar-refractivity contribution in [2.45, 2.75) is 198 Å². The van der Waals surface area contributed by atoms with Crippen LogP contribution in [0.4, 0.5) is 0 Å². The zero-order valence-electron chi connectivity index (χ0n) is 43.6. The van der Waals surface area contributed by atoms with Crippen LogP contribution in [0.1, 0.15) is 181 Å². The molecule has 0 unspecified atom stereocenters. The van der Waals surface area contributed by atoms with E-state index in [1.165, 1.54) is 108 Å². The van der Waals surface area contributed by atoms with Gasteiger partial charge in [0.15, 0.2) is 17.5 Å². The smallest absolute Gasteiger partial charge is 0.189 e. The largest absolute Gasteiger partial charge is 0.504 e. The number of rotatable bonds is 19. The fraction of sp³-hybridized carbons (Fsp3) is 0.741. The maximum absolute atomic E-state index is 11.6. The Morgan fingerprint density at radius 1 is 0.944 bits per heavy atom. The van der Waals surface area contributed by atoms with Gasteiger partial charge in [0.05, 0.1) is 18.8 Å². The monoisotopic (exact) mass is 1030 g/mol. The Hall–Kier alpha value is -2.85. The summed E-state index contributed by atoms with van der Waals surface area (Å²) in [6.07, 6.45) is 23.8. The van der Waals surface area contributed by atoms with E-state index in [9.17, 15) is 20.4 Å². The maximum Gasteiger partial charge on any atom is 0.189 e. The number of aryl methyl sites for hydroxylation is 3. The lowest BCUT2D eigenvalue weighted by Crippen LogP contribution is -2.42. The second kappa shape index (κ2) is 25.3. The van der Waals surface area contributed by atoms with Crippen LogP contribution in [-0.2, 0) is 32.3 Å². The van der Waals surface area contributed by atoms with Gasteiger partial charge in [0.2, 0.25) is 0 Å². The van der Waals surface area contributed by atoms with E-state index in [1.54, 1.807) is 6.07 Å². The van der Waals surface area contributed by atoms with Crippen LogP contribution in [-0.4, -0.2) is 86.8 Å². The van der Waals surface area contributed by atoms with Crippen molar-refractivity contribution in [3.8, 4) is 11.5 Å². The molecule has 72 heavy (non-hydrogen) atoms. The molecule has 1 aromatic carbocycles. The van der Waals surface area contributed by atoms with Crippen molar-refractivity contribution >= 4 is 27.5 Å². The number of aliphatic hydroxyl groups excluding tert-OH is 3. The number of aromatic amines is 1. The Bertz CT molecular complexity index is 2200. The second-order valence-electron chi connectivity index (χ2n) is 23.7. The number of ether oxygens (including phenoxy) is 1. The molecule has 2 aromatic heterocycles. The Morgan fingerprint density at radius 3 is 2.57 bits per heavy atom. The van der Waals surface area contributed by atoms with Gasteiger partial charge in [-0.1, -0.05) is 79.5 Å². The summed E-state index contributed by atoms with van der Waals surface area (Å²) in [5.74, 6) is 8.85. The summed E-state index contributed by atoms with van der Waals surface area (Å²) in [6, 6.07) is 10.6. The van der Waals surface area contributed by atoms with Crippen LogP contribution in [0.5, 0.6) is 11.5 Å². The molecule has 0 radical (unpaired) electrons. The maximum atomic E-state index is 11.6. The number of phenols is 1. The van der Waals surface area contributed by atoms with E-state index >= 15 is 0 Å². The summed E-state index contributed by atoms with van der Waals surface area (Å²) >= 11 is 0. The first kappa shape index (κ1) is 54.0. The Labute approximate surface area is 438 Å². The van der Waals surface area contributed by atoms with E-state index < -0.39 is 12.2 Å². The lowest BCUT2D eigenvalue weighted by atomic mass is 9.66. The number of aromatic hydroxyl groups is 1. The standard InChI is InChI=1S/C58H90N6O6S2/c1-36-16-19-40-25-42(34-71-72-35-52(36)64-57(60)62-43-11-4-5-12-43)49(59)27-39(40)10-3-6-15-55-41(32-65)26-44(70-55)20-17-38-18-21-53(67)56(24-38)69-33-54(68)50-28-46-47(31-61-30-37(2)66)45-13-9-14-48(45)58(22-7-8-23-58)29-51(46)63-50/h18,21,24,26,28,36-37,39-40,42-43,45,47-49,52,54,61,63,65-68H,3-17,19-20,22-23,25,27,29-35,59H2,1-2H3,(H3,60,62,64)/t36-,37-,39+,40+,42-,45+,47-,48+,49+,52+,54-/m0/s1. The number of guanidine groups is 1. The van der Waals surface area contributed by atoms with Gasteiger partial charge in [-0.2, -0.15) is 0 Å². The van der Waals surface area contributed by atoms with Crippen molar-refractivity contribution in [1.29, 1.82) is 0 Å². The molecular formula is C58H90N6O6S2. The molecule has 1 spiro atoms. The quantitative estimate of drug-likeness (QED) is 0.0238. The number of phenolic OH excluding ortho intramolecular Hbond substituents is 1. The first-order valence-electron chi connectivity index (χ1n) is 28.5. The fourth-order valence-corrected chi connectivity index (χ4v) is 17.5. The van der Waals surface area contributed by atoms with E-state index in [0.29, 0.717) is 78.1 Å². The third-order valence-corrected chi connectivity index (χ3v) is 21.2. The van der Waals surface area contributed by atoms with Crippen molar-refractivity contribution in [1.82, 2.24) is 15.6 Å². The van der Waals surface area contributed by atoms with Crippen LogP contribution < -0.4 is 26.8 Å². The molecule has 14 heteroatoms. The summed E-state index contributed by atoms with van der Waals surface area (Å²) in [5, 5.41) is 50.0. The van der Waals surface area contributed by atoms with Crippen LogP contribution in [0.15, 0.2) is 39.7 Å². The third-order valence-electron chi connectivity index (χ3n) is 18.7. The topological polar surface area (TPSA) is 208 Å². The van der Waals surface area contributed by atoms with Crippen LogP contribution in [0.25, 0.3) is 0 Å². The van der Waals surface area contributed by atoms with Gasteiger partial charge in [0.25, 0.3) is 0 Å². The molecule has 3 aromatic rings. The highest BCUT2D eigenvalue weighted by molar-refractivity contribution is 8.76. The van der Waals surface area contributed by atoms with Gasteiger partial charge in [0.1, 0.15) is 24.2 Å². The number of furan rings is 1. The lowest BCUT2D eigenvalue weighted by Gasteiger charge is -2.40. The van der Waals surface area contributed by atoms with Crippen LogP contribution >= 0.6 is 21.6 Å². The van der Waals surface area contributed by atoms with Crippen molar-refractivity contribution in [2.75, 3.05) is 31.2 Å². The number of aliphatic hydroxyl groups is 3. The number of hydrogen-bond donors (Lipinski definition) is 9. The van der Waals surface area contributed by atoms with E-state index in [-0.39, 0.29) is 31.0 Å². The normalized spacial score (nSPS) is 29.9. The highest BCUT2D eigenvalue weighted by Crippen LogP contribution is 2.60. The average Bonchev–Trinajstić information content (AvgIpc) is 4.24. The number of aromatic nitrogens is 1. The SMILES string of the molecule is C[C@H](O)CNC[C@@H]1c2cc([C@@H](O)COc3cc(CCc4cc(CO)c(CCCC[C@@H]5C[C@@H](N)[C@@H]6CSSC[C@@H](N=C(N)NC7CCCC7)[C@@H](C)CC[C@@H]5C6)o4)ccc3O)[nH]c2CC2(CCCC2)[C@@H]2CCC[C@H]12. The molecule has 12 nitrogen and oxygen atoms in total. The molecule has 11 N–H and O–H groups in total. The van der Waals surface area contributed by atoms with Gasteiger partial charge in [-0.25, -0.2) is 4.99 Å². The molecule has 4 saturated carbocycles. The highest BCUT2D eigenvalue weighted by Gasteiger charge is 2.52. The van der Waals surface area contributed by atoms with Gasteiger partial charge in [0, 0.05) is 72.4 Å². The minimum absolute atomic E-state index is 0.0105. The zero-order chi connectivity index (χ0) is 50.2. The van der Waals surface area contributed by atoms with Crippen molar-refractivity contribution < 1.29 is 29.6 Å². The van der Waals surface area contributed by atoms with E-state index in [1.807, 2.05) is 46.7 Å². The van der Waals surface area contributed by atoms with Crippen molar-refractivity contribution in [2.24, 2.45) is 57.4 Å². The number of nitrogens with one attached hydrogen (secondary N) is 3. The summed E-state index contributed by atoms with van der Waals surface area (Å²) < 4.78 is 12.6. The number of benzene rings is 1. The van der Waals surface area contributed by atoms with E-state index in [2.05, 4.69) is 28.6 Å². The zero-order valence-corrected chi connectivity index (χ0v) is 45.3. The van der Waals surface area contributed by atoms with Crippen molar-refractivity contribution in [3.63, 3.8) is 0 Å². The van der Waals surface area contributed by atoms with Gasteiger partial charge >= 0.3 is 0 Å². The molecule has 6 aliphatic rings. The molecule has 400 valence electrons. The molecule has 9 rings (SSSR count). The Balaban J connectivity index is 0.765. The number of unbranched alkanes of at least 4 members (excludes halogenated alkanes) is 1. The van der Waals surface area contributed by atoms with E-state index in [4.69, 9.17) is 25.6 Å². The summed E-state index contributed by atoms with van der Waals surface area (Å²) in [6.45, 7) is 5.57. The van der Waals surface area contributed by atoms with Crippen molar-refractivity contribution in [3.05, 3.63) is 69.9 Å². The molecular weight excluding hydrogens is 941 g/mol. The molecule has 11 atom stereocenters. The van der Waals surface area contributed by atoms with Crippen LogP contribution in [0, 0.1) is 40.9 Å². The molecule has 3 heterocycles. The van der Waals surface area contributed by atoms with E-state index in [0.717, 1.165) is 84.4 Å². The average molecular weight is 1030 g/mol. The molecule has 1 aliphatic heterocycles. The number of nitrogens with zero attached hydrogens (tertiary/aromatic N) is 1. The van der Waals surface area contributed by atoms with Gasteiger partial charge < -0.3 is 56.7 Å². The predicted molar refractivity (Wildman–Crippen MR) is 293 cm³/mol. The summed E-state index contributed by atoms with van der Waals surface area (Å²) in [5.41, 5.74) is 18.9. The first-order valence-corrected chi connectivity index (χ1v) is 31.0. The van der Waals surface area contributed by atoms with Crippen LogP contribution in [0.3, 0.4) is 0 Å². The molecule has 2 bridgehead atoms. The molecule has 0 amide bonds. The number of nitrogens with two attached hydrogens (primary N) is 2. The number of fused-ring (bicyclic) bond motifs is 5. The minimum Gasteiger partial charge on any atom is -0.504 e. The Kier molecular flexibility index (Phi) is 19.0. The summed E-state index contributed by atoms with van der Waals surface area (Å²) in [4.78, 5) is 8.77. The molecule has 5 aliphatic carbocycles.